The molecular formula is C17H25N3O. The van der Waals surface area contributed by atoms with E-state index in [1.165, 1.54) is 6.20 Å². The molecule has 4 heteroatoms. The van der Waals surface area contributed by atoms with Gasteiger partial charge in [0.05, 0.1) is 18.3 Å². The zero-order valence-corrected chi connectivity index (χ0v) is 13.2. The van der Waals surface area contributed by atoms with Crippen molar-refractivity contribution in [1.29, 1.82) is 0 Å². The average molecular weight is 287 g/mol. The average Bonchev–Trinajstić information content (AvgIpc) is 2.53. The Bertz CT molecular complexity index is 635. The number of fused-ring (bicyclic) bond motifs is 1. The molecule has 2 unspecified atom stereocenters. The molecule has 1 aromatic carbocycles. The van der Waals surface area contributed by atoms with E-state index in [4.69, 9.17) is 0 Å². The van der Waals surface area contributed by atoms with Crippen LogP contribution in [0.3, 0.4) is 0 Å². The number of nitrogens with zero attached hydrogens (tertiary/aromatic N) is 2. The monoisotopic (exact) mass is 287 g/mol. The van der Waals surface area contributed by atoms with E-state index in [-0.39, 0.29) is 5.43 Å². The van der Waals surface area contributed by atoms with Crippen molar-refractivity contribution in [3.8, 4) is 0 Å². The van der Waals surface area contributed by atoms with Gasteiger partial charge in [-0.1, -0.05) is 39.3 Å². The molecule has 0 saturated heterocycles. The van der Waals surface area contributed by atoms with Gasteiger partial charge in [-0.05, 0) is 31.0 Å². The van der Waals surface area contributed by atoms with Crippen LogP contribution in [0.1, 0.15) is 33.6 Å². The number of rotatable bonds is 7. The van der Waals surface area contributed by atoms with Crippen LogP contribution >= 0.6 is 0 Å². The summed E-state index contributed by atoms with van der Waals surface area (Å²) < 4.78 is 1.95. The summed E-state index contributed by atoms with van der Waals surface area (Å²) in [6.07, 6.45) is 3.67. The molecule has 0 fully saturated rings. The minimum absolute atomic E-state index is 0.0107. The Balaban J connectivity index is 2.32. The van der Waals surface area contributed by atoms with E-state index in [2.05, 4.69) is 31.2 Å². The molecule has 1 aromatic heterocycles. The third kappa shape index (κ3) is 3.70. The Hall–Kier alpha value is -1.68. The maximum absolute atomic E-state index is 11.9. The lowest BCUT2D eigenvalue weighted by molar-refractivity contribution is 0.321. The number of benzene rings is 1. The third-order valence-corrected chi connectivity index (χ3v) is 4.12. The molecule has 0 bridgehead atoms. The van der Waals surface area contributed by atoms with Crippen LogP contribution in [0.25, 0.3) is 10.9 Å². The standard InChI is InChI=1S/C17H25N3O/c1-4-10-18-15(13(3)5-2)12-20-16-9-7-6-8-14(16)17(21)11-19-20/h6-9,11,13,15,18H,4-5,10,12H2,1-3H3. The van der Waals surface area contributed by atoms with Crippen molar-refractivity contribution in [1.82, 2.24) is 15.1 Å². The molecule has 114 valence electrons. The minimum atomic E-state index is -0.0107. The van der Waals surface area contributed by atoms with Crippen LogP contribution in [-0.4, -0.2) is 22.4 Å². The molecule has 1 heterocycles. The highest BCUT2D eigenvalue weighted by atomic mass is 16.1. The Morgan fingerprint density at radius 2 is 2.05 bits per heavy atom. The van der Waals surface area contributed by atoms with Gasteiger partial charge >= 0.3 is 0 Å². The lowest BCUT2D eigenvalue weighted by atomic mass is 9.99. The zero-order chi connectivity index (χ0) is 15.2. The maximum atomic E-state index is 11.9. The summed E-state index contributed by atoms with van der Waals surface area (Å²) in [6, 6.07) is 8.06. The SMILES string of the molecule is CCCNC(Cn1ncc(=O)c2ccccc21)C(C)CC. The highest BCUT2D eigenvalue weighted by molar-refractivity contribution is 5.77. The molecule has 0 amide bonds. The molecule has 1 N–H and O–H groups in total. The van der Waals surface area contributed by atoms with Crippen molar-refractivity contribution < 1.29 is 0 Å². The fraction of sp³-hybridized carbons (Fsp3) is 0.529. The molecule has 0 spiro atoms. The second-order valence-electron chi connectivity index (χ2n) is 5.65. The molecule has 2 rings (SSSR count). The Labute approximate surface area is 126 Å². The van der Waals surface area contributed by atoms with Gasteiger partial charge < -0.3 is 5.32 Å². The maximum Gasteiger partial charge on any atom is 0.207 e. The molecule has 2 aromatic rings. The van der Waals surface area contributed by atoms with Gasteiger partial charge in [0.25, 0.3) is 0 Å². The van der Waals surface area contributed by atoms with Crippen molar-refractivity contribution in [2.24, 2.45) is 5.92 Å². The minimum Gasteiger partial charge on any atom is -0.312 e. The number of nitrogens with one attached hydrogen (secondary N) is 1. The second kappa shape index (κ2) is 7.36. The Morgan fingerprint density at radius 3 is 2.76 bits per heavy atom. The molecule has 4 nitrogen and oxygen atoms in total. The summed E-state index contributed by atoms with van der Waals surface area (Å²) in [6.45, 7) is 8.44. The van der Waals surface area contributed by atoms with E-state index in [1.807, 2.05) is 28.9 Å². The molecule has 21 heavy (non-hydrogen) atoms. The quantitative estimate of drug-likeness (QED) is 0.852. The molecular weight excluding hydrogens is 262 g/mol. The van der Waals surface area contributed by atoms with Gasteiger partial charge in [-0.2, -0.15) is 5.10 Å². The van der Waals surface area contributed by atoms with Gasteiger partial charge in [-0.15, -0.1) is 0 Å². The number of hydrogen-bond donors (Lipinski definition) is 1. The fourth-order valence-corrected chi connectivity index (χ4v) is 2.55. The normalized spacial score (nSPS) is 14.2. The highest BCUT2D eigenvalue weighted by Crippen LogP contribution is 2.13. The number of aromatic nitrogens is 2. The summed E-state index contributed by atoms with van der Waals surface area (Å²) in [5.74, 6) is 0.566. The van der Waals surface area contributed by atoms with Crippen LogP contribution in [-0.2, 0) is 6.54 Å². The van der Waals surface area contributed by atoms with Crippen LogP contribution in [0, 0.1) is 5.92 Å². The lowest BCUT2D eigenvalue weighted by Gasteiger charge is -2.25. The molecule has 0 aliphatic heterocycles. The van der Waals surface area contributed by atoms with Gasteiger partial charge in [0.15, 0.2) is 0 Å². The van der Waals surface area contributed by atoms with E-state index in [1.54, 1.807) is 0 Å². The first-order valence-corrected chi connectivity index (χ1v) is 7.85. The first kappa shape index (κ1) is 15.7. The van der Waals surface area contributed by atoms with E-state index >= 15 is 0 Å². The molecule has 2 atom stereocenters. The van der Waals surface area contributed by atoms with Crippen molar-refractivity contribution >= 4 is 10.9 Å². The molecule has 0 radical (unpaired) electrons. The topological polar surface area (TPSA) is 46.9 Å². The fourth-order valence-electron chi connectivity index (χ4n) is 2.55. The summed E-state index contributed by atoms with van der Waals surface area (Å²) in [5.41, 5.74) is 0.903. The number of para-hydroxylation sites is 1. The van der Waals surface area contributed by atoms with Crippen LogP contribution in [0.2, 0.25) is 0 Å². The van der Waals surface area contributed by atoms with E-state index in [9.17, 15) is 4.79 Å². The van der Waals surface area contributed by atoms with Gasteiger partial charge in [0.1, 0.15) is 0 Å². The summed E-state index contributed by atoms with van der Waals surface area (Å²) >= 11 is 0. The summed E-state index contributed by atoms with van der Waals surface area (Å²) in [4.78, 5) is 11.9. The van der Waals surface area contributed by atoms with Crippen LogP contribution in [0.15, 0.2) is 35.3 Å². The largest absolute Gasteiger partial charge is 0.312 e. The van der Waals surface area contributed by atoms with Gasteiger partial charge in [-0.3, -0.25) is 9.48 Å². The van der Waals surface area contributed by atoms with Crippen LogP contribution in [0.5, 0.6) is 0 Å². The smallest absolute Gasteiger partial charge is 0.207 e. The highest BCUT2D eigenvalue weighted by Gasteiger charge is 2.16. The number of hydrogen-bond acceptors (Lipinski definition) is 3. The van der Waals surface area contributed by atoms with Gasteiger partial charge in [0.2, 0.25) is 5.43 Å². The van der Waals surface area contributed by atoms with E-state index in [0.29, 0.717) is 12.0 Å². The third-order valence-electron chi connectivity index (χ3n) is 4.12. The Morgan fingerprint density at radius 1 is 1.29 bits per heavy atom. The predicted molar refractivity (Wildman–Crippen MR) is 87.5 cm³/mol. The zero-order valence-electron chi connectivity index (χ0n) is 13.2. The van der Waals surface area contributed by atoms with Crippen molar-refractivity contribution in [2.75, 3.05) is 6.54 Å². The van der Waals surface area contributed by atoms with Crippen LogP contribution < -0.4 is 10.7 Å². The second-order valence-corrected chi connectivity index (χ2v) is 5.65. The van der Waals surface area contributed by atoms with Gasteiger partial charge in [-0.25, -0.2) is 0 Å². The molecule has 0 aliphatic carbocycles. The van der Waals surface area contributed by atoms with Crippen molar-refractivity contribution in [3.05, 3.63) is 40.7 Å². The first-order valence-electron chi connectivity index (χ1n) is 7.85. The van der Waals surface area contributed by atoms with E-state index < -0.39 is 0 Å². The molecule has 0 saturated carbocycles. The first-order chi connectivity index (χ1) is 10.2. The lowest BCUT2D eigenvalue weighted by Crippen LogP contribution is -2.39. The van der Waals surface area contributed by atoms with E-state index in [0.717, 1.165) is 36.8 Å². The van der Waals surface area contributed by atoms with Crippen molar-refractivity contribution in [3.63, 3.8) is 0 Å². The summed E-state index contributed by atoms with van der Waals surface area (Å²) in [7, 11) is 0. The van der Waals surface area contributed by atoms with Crippen LogP contribution in [0.4, 0.5) is 0 Å². The van der Waals surface area contributed by atoms with Crippen molar-refractivity contribution in [2.45, 2.75) is 46.2 Å². The Kier molecular flexibility index (Phi) is 5.51. The molecule has 0 aliphatic rings. The van der Waals surface area contributed by atoms with Gasteiger partial charge in [0, 0.05) is 11.4 Å². The summed E-state index contributed by atoms with van der Waals surface area (Å²) in [5, 5.41) is 8.69. The predicted octanol–water partition coefficient (Wildman–Crippen LogP) is 2.81.